The molecule has 3 nitrogen and oxygen atoms in total. The highest BCUT2D eigenvalue weighted by Crippen LogP contribution is 2.41. The second kappa shape index (κ2) is 3.84. The molecule has 0 radical (unpaired) electrons. The van der Waals surface area contributed by atoms with Gasteiger partial charge in [-0.3, -0.25) is 4.79 Å². The van der Waals surface area contributed by atoms with Crippen molar-refractivity contribution in [2.24, 2.45) is 10.8 Å². The quantitative estimate of drug-likeness (QED) is 0.698. The largest absolute Gasteiger partial charge is 0.344 e. The van der Waals surface area contributed by atoms with Crippen molar-refractivity contribution in [2.75, 3.05) is 13.6 Å². The van der Waals surface area contributed by atoms with Crippen molar-refractivity contribution in [1.29, 1.82) is 5.26 Å². The first-order valence-corrected chi connectivity index (χ1v) is 5.48. The first-order chi connectivity index (χ1) is 6.81. The number of nitriles is 1. The fourth-order valence-electron chi connectivity index (χ4n) is 2.05. The van der Waals surface area contributed by atoms with Crippen molar-refractivity contribution < 1.29 is 4.79 Å². The molecule has 0 aliphatic heterocycles. The van der Waals surface area contributed by atoms with Gasteiger partial charge in [0.15, 0.2) is 0 Å². The summed E-state index contributed by atoms with van der Waals surface area (Å²) in [7, 11) is 1.80. The predicted octanol–water partition coefficient (Wildman–Crippen LogP) is 2.18. The molecule has 0 spiro atoms. The van der Waals surface area contributed by atoms with Crippen molar-refractivity contribution in [3.63, 3.8) is 0 Å². The third-order valence-corrected chi connectivity index (χ3v) is 2.89. The van der Waals surface area contributed by atoms with Gasteiger partial charge in [-0.15, -0.1) is 0 Å². The maximum atomic E-state index is 12.1. The van der Waals surface area contributed by atoms with Gasteiger partial charge in [0.1, 0.15) is 5.41 Å². The van der Waals surface area contributed by atoms with E-state index in [1.165, 1.54) is 0 Å². The molecule has 0 unspecified atom stereocenters. The molecule has 0 atom stereocenters. The molecule has 1 saturated carbocycles. The molecule has 0 aromatic heterocycles. The van der Waals surface area contributed by atoms with E-state index in [0.717, 1.165) is 19.3 Å². The minimum Gasteiger partial charge on any atom is -0.344 e. The van der Waals surface area contributed by atoms with Crippen molar-refractivity contribution in [3.8, 4) is 6.07 Å². The monoisotopic (exact) mass is 208 g/mol. The Hall–Kier alpha value is -1.04. The van der Waals surface area contributed by atoms with Crippen molar-refractivity contribution in [2.45, 2.75) is 40.0 Å². The maximum absolute atomic E-state index is 12.1. The van der Waals surface area contributed by atoms with Gasteiger partial charge in [-0.05, 0) is 24.7 Å². The number of nitrogens with zero attached hydrogens (tertiary/aromatic N) is 2. The van der Waals surface area contributed by atoms with Gasteiger partial charge in [0, 0.05) is 13.6 Å². The second-order valence-electron chi connectivity index (χ2n) is 5.77. The van der Waals surface area contributed by atoms with Crippen LogP contribution in [0.1, 0.15) is 40.0 Å². The summed E-state index contributed by atoms with van der Waals surface area (Å²) in [4.78, 5) is 13.8. The van der Waals surface area contributed by atoms with Gasteiger partial charge in [-0.2, -0.15) is 5.26 Å². The summed E-state index contributed by atoms with van der Waals surface area (Å²) < 4.78 is 0. The molecule has 84 valence electrons. The topological polar surface area (TPSA) is 44.1 Å². The number of rotatable bonds is 2. The van der Waals surface area contributed by atoms with E-state index in [4.69, 9.17) is 5.26 Å². The highest BCUT2D eigenvalue weighted by atomic mass is 16.2. The molecule has 3 heteroatoms. The van der Waals surface area contributed by atoms with E-state index in [1.807, 2.05) is 0 Å². The van der Waals surface area contributed by atoms with Crippen LogP contribution in [0, 0.1) is 22.2 Å². The zero-order valence-corrected chi connectivity index (χ0v) is 10.1. The van der Waals surface area contributed by atoms with Crippen molar-refractivity contribution in [1.82, 2.24) is 4.90 Å². The van der Waals surface area contributed by atoms with E-state index in [2.05, 4.69) is 26.8 Å². The van der Waals surface area contributed by atoms with E-state index in [0.29, 0.717) is 6.54 Å². The van der Waals surface area contributed by atoms with Crippen LogP contribution in [0.15, 0.2) is 0 Å². The molecule has 0 bridgehead atoms. The number of hydrogen-bond donors (Lipinski definition) is 0. The Bertz CT molecular complexity index is 292. The molecular weight excluding hydrogens is 188 g/mol. The van der Waals surface area contributed by atoms with Crippen LogP contribution in [0.4, 0.5) is 0 Å². The highest BCUT2D eigenvalue weighted by molar-refractivity contribution is 5.86. The third-order valence-electron chi connectivity index (χ3n) is 2.89. The highest BCUT2D eigenvalue weighted by Gasteiger charge is 2.46. The van der Waals surface area contributed by atoms with Gasteiger partial charge in [-0.1, -0.05) is 20.8 Å². The third kappa shape index (κ3) is 2.50. The number of carbonyl (C=O) groups excluding carboxylic acids is 1. The summed E-state index contributed by atoms with van der Waals surface area (Å²) in [6.07, 6.45) is 2.47. The van der Waals surface area contributed by atoms with Crippen LogP contribution in [0.3, 0.4) is 0 Å². The molecular formula is C12H20N2O. The average Bonchev–Trinajstić information content (AvgIpc) is 1.99. The van der Waals surface area contributed by atoms with Gasteiger partial charge in [0.05, 0.1) is 6.07 Å². The lowest BCUT2D eigenvalue weighted by Gasteiger charge is -2.38. The van der Waals surface area contributed by atoms with Gasteiger partial charge >= 0.3 is 0 Å². The van der Waals surface area contributed by atoms with Gasteiger partial charge in [-0.25, -0.2) is 0 Å². The molecule has 0 aromatic carbocycles. The molecule has 0 saturated heterocycles. The van der Waals surface area contributed by atoms with E-state index in [1.54, 1.807) is 11.9 Å². The summed E-state index contributed by atoms with van der Waals surface area (Å²) >= 11 is 0. The number of amides is 1. The van der Waals surface area contributed by atoms with E-state index >= 15 is 0 Å². The zero-order valence-electron chi connectivity index (χ0n) is 10.1. The van der Waals surface area contributed by atoms with E-state index in [9.17, 15) is 4.79 Å². The van der Waals surface area contributed by atoms with Gasteiger partial charge in [0.2, 0.25) is 5.91 Å². The lowest BCUT2D eigenvalue weighted by molar-refractivity contribution is -0.142. The van der Waals surface area contributed by atoms with Crippen LogP contribution in [0.5, 0.6) is 0 Å². The summed E-state index contributed by atoms with van der Waals surface area (Å²) in [6, 6.07) is 2.19. The number of carbonyl (C=O) groups is 1. The fourth-order valence-corrected chi connectivity index (χ4v) is 2.05. The Labute approximate surface area is 92.1 Å². The van der Waals surface area contributed by atoms with Crippen LogP contribution >= 0.6 is 0 Å². The lowest BCUT2D eigenvalue weighted by atomic mass is 9.69. The fraction of sp³-hybridized carbons (Fsp3) is 0.833. The van der Waals surface area contributed by atoms with Crippen molar-refractivity contribution >= 4 is 5.91 Å². The van der Waals surface area contributed by atoms with Crippen molar-refractivity contribution in [3.05, 3.63) is 0 Å². The van der Waals surface area contributed by atoms with Gasteiger partial charge in [0.25, 0.3) is 0 Å². The smallest absolute Gasteiger partial charge is 0.242 e. The Morgan fingerprint density at radius 3 is 2.27 bits per heavy atom. The normalized spacial score (nSPS) is 18.9. The predicted molar refractivity (Wildman–Crippen MR) is 59.0 cm³/mol. The molecule has 1 aliphatic rings. The molecule has 0 N–H and O–H groups in total. The molecule has 1 fully saturated rings. The first-order valence-electron chi connectivity index (χ1n) is 5.48. The van der Waals surface area contributed by atoms with E-state index < -0.39 is 5.41 Å². The average molecular weight is 208 g/mol. The van der Waals surface area contributed by atoms with Crippen LogP contribution < -0.4 is 0 Å². The zero-order chi connectivity index (χ0) is 11.7. The minimum absolute atomic E-state index is 0.00572. The summed E-state index contributed by atoms with van der Waals surface area (Å²) in [6.45, 7) is 6.99. The SMILES string of the molecule is CN(CC(C)(C)C)C(=O)C1(C#N)CCC1. The lowest BCUT2D eigenvalue weighted by Crippen LogP contribution is -2.47. The molecule has 0 aromatic rings. The summed E-state index contributed by atoms with van der Waals surface area (Å²) in [5.41, 5.74) is -0.606. The summed E-state index contributed by atoms with van der Waals surface area (Å²) in [5.74, 6) is 0.00572. The number of hydrogen-bond acceptors (Lipinski definition) is 2. The molecule has 1 rings (SSSR count). The standard InChI is InChI=1S/C12H20N2O/c1-11(2,3)9-14(4)10(15)12(8-13)6-5-7-12/h5-7,9H2,1-4H3. The Morgan fingerprint density at radius 2 is 2.00 bits per heavy atom. The maximum Gasteiger partial charge on any atom is 0.242 e. The second-order valence-corrected chi connectivity index (χ2v) is 5.77. The minimum atomic E-state index is -0.694. The molecule has 15 heavy (non-hydrogen) atoms. The molecule has 0 heterocycles. The summed E-state index contributed by atoms with van der Waals surface area (Å²) in [5, 5.41) is 9.06. The molecule has 1 amide bonds. The van der Waals surface area contributed by atoms with Crippen LogP contribution in [0.25, 0.3) is 0 Å². The van der Waals surface area contributed by atoms with Crippen LogP contribution in [0.2, 0.25) is 0 Å². The van der Waals surface area contributed by atoms with Gasteiger partial charge < -0.3 is 4.90 Å². The van der Waals surface area contributed by atoms with Crippen LogP contribution in [-0.4, -0.2) is 24.4 Å². The van der Waals surface area contributed by atoms with E-state index in [-0.39, 0.29) is 11.3 Å². The Kier molecular flexibility index (Phi) is 3.08. The Morgan fingerprint density at radius 1 is 1.47 bits per heavy atom. The molecule has 1 aliphatic carbocycles. The Balaban J connectivity index is 2.65. The van der Waals surface area contributed by atoms with Crippen LogP contribution in [-0.2, 0) is 4.79 Å². The first kappa shape index (κ1) is 12.0.